The first-order valence-corrected chi connectivity index (χ1v) is 7.19. The van der Waals surface area contributed by atoms with Gasteiger partial charge in [0.15, 0.2) is 5.03 Å². The first kappa shape index (κ1) is 14.2. The van der Waals surface area contributed by atoms with Crippen LogP contribution in [0.4, 0.5) is 0 Å². The van der Waals surface area contributed by atoms with Gasteiger partial charge in [-0.15, -0.1) is 11.3 Å². The topological polar surface area (TPSA) is 120 Å². The van der Waals surface area contributed by atoms with Crippen LogP contribution in [0.1, 0.15) is 4.88 Å². The number of hydrazone groups is 1. The minimum Gasteiger partial charge on any atom is -0.272 e. The summed E-state index contributed by atoms with van der Waals surface area (Å²) in [6.07, 6.45) is 1.53. The number of aromatic amines is 2. The van der Waals surface area contributed by atoms with E-state index in [1.54, 1.807) is 0 Å². The molecular formula is C10H9N5O3S2. The number of aromatic nitrogens is 3. The lowest BCUT2D eigenvalue weighted by Gasteiger charge is -1.98. The maximum Gasteiger partial charge on any atom is 0.342 e. The summed E-state index contributed by atoms with van der Waals surface area (Å²) >= 11 is 2.40. The number of thioether (sulfide) groups is 1. The Morgan fingerprint density at radius 3 is 3.10 bits per heavy atom. The molecule has 0 saturated heterocycles. The molecule has 2 rings (SSSR count). The Hall–Kier alpha value is -2.20. The van der Waals surface area contributed by atoms with Crippen LogP contribution >= 0.6 is 23.1 Å². The van der Waals surface area contributed by atoms with Gasteiger partial charge in [0.25, 0.3) is 5.56 Å². The minimum atomic E-state index is -0.690. The van der Waals surface area contributed by atoms with Crippen LogP contribution < -0.4 is 16.7 Å². The molecule has 2 heterocycles. The van der Waals surface area contributed by atoms with Gasteiger partial charge in [0.1, 0.15) is 0 Å². The van der Waals surface area contributed by atoms with Crippen LogP contribution in [0.2, 0.25) is 0 Å². The Kier molecular flexibility index (Phi) is 4.85. The number of hydrogen-bond donors (Lipinski definition) is 3. The van der Waals surface area contributed by atoms with E-state index in [2.05, 4.69) is 20.7 Å². The third kappa shape index (κ3) is 4.17. The molecular weight excluding hydrogens is 302 g/mol. The summed E-state index contributed by atoms with van der Waals surface area (Å²) in [5, 5.41) is 11.3. The van der Waals surface area contributed by atoms with Gasteiger partial charge in [0.05, 0.1) is 12.0 Å². The van der Waals surface area contributed by atoms with Crippen molar-refractivity contribution in [2.75, 3.05) is 5.75 Å². The molecule has 0 aliphatic rings. The maximum absolute atomic E-state index is 11.5. The molecule has 0 radical (unpaired) electrons. The van der Waals surface area contributed by atoms with Crippen LogP contribution in [0.3, 0.4) is 0 Å². The largest absolute Gasteiger partial charge is 0.342 e. The van der Waals surface area contributed by atoms with E-state index in [4.69, 9.17) is 0 Å². The molecule has 0 atom stereocenters. The van der Waals surface area contributed by atoms with Crippen molar-refractivity contribution in [3.05, 3.63) is 43.2 Å². The average Bonchev–Trinajstić information content (AvgIpc) is 2.91. The van der Waals surface area contributed by atoms with Gasteiger partial charge in [0.2, 0.25) is 5.91 Å². The SMILES string of the molecule is O=C(CSc1n[nH]c(=O)[nH]c1=O)N/N=C/c1cccs1. The van der Waals surface area contributed by atoms with Gasteiger partial charge in [-0.25, -0.2) is 15.3 Å². The molecule has 3 N–H and O–H groups in total. The first-order chi connectivity index (χ1) is 9.65. The van der Waals surface area contributed by atoms with Crippen LogP contribution in [-0.4, -0.2) is 33.1 Å². The highest BCUT2D eigenvalue weighted by molar-refractivity contribution is 7.99. The fraction of sp³-hybridized carbons (Fsp3) is 0.100. The number of carbonyl (C=O) groups is 1. The molecule has 10 heteroatoms. The Morgan fingerprint density at radius 1 is 1.55 bits per heavy atom. The second-order valence-electron chi connectivity index (χ2n) is 3.41. The van der Waals surface area contributed by atoms with Gasteiger partial charge in [-0.3, -0.25) is 14.6 Å². The standard InChI is InChI=1S/C10H9N5O3S2/c16-7(13-11-4-6-2-1-3-19-6)5-20-9-8(17)12-10(18)15-14-9/h1-4H,5H2,(H,13,16)(H2,12,15,17,18)/b11-4+. The van der Waals surface area contributed by atoms with Gasteiger partial charge in [-0.2, -0.15) is 10.2 Å². The highest BCUT2D eigenvalue weighted by Gasteiger charge is 2.06. The summed E-state index contributed by atoms with van der Waals surface area (Å²) in [7, 11) is 0. The second kappa shape index (κ2) is 6.82. The van der Waals surface area contributed by atoms with E-state index in [0.717, 1.165) is 16.6 Å². The maximum atomic E-state index is 11.5. The molecule has 104 valence electrons. The lowest BCUT2D eigenvalue weighted by molar-refractivity contribution is -0.118. The van der Waals surface area contributed by atoms with E-state index in [0.29, 0.717) is 0 Å². The monoisotopic (exact) mass is 311 g/mol. The predicted molar refractivity (Wildman–Crippen MR) is 76.3 cm³/mol. The van der Waals surface area contributed by atoms with Crippen molar-refractivity contribution in [3.8, 4) is 0 Å². The van der Waals surface area contributed by atoms with E-state index < -0.39 is 11.2 Å². The summed E-state index contributed by atoms with van der Waals surface area (Å²) in [5.74, 6) is -0.417. The number of hydrogen-bond acceptors (Lipinski definition) is 7. The van der Waals surface area contributed by atoms with E-state index in [9.17, 15) is 14.4 Å². The van der Waals surface area contributed by atoms with Gasteiger partial charge in [0, 0.05) is 4.88 Å². The number of rotatable bonds is 5. The van der Waals surface area contributed by atoms with E-state index in [1.165, 1.54) is 17.6 Å². The molecule has 0 bridgehead atoms. The summed E-state index contributed by atoms with van der Waals surface area (Å²) in [6.45, 7) is 0. The number of H-pyrrole nitrogens is 2. The number of thiophene rings is 1. The van der Waals surface area contributed by atoms with Gasteiger partial charge in [-0.05, 0) is 11.4 Å². The van der Waals surface area contributed by atoms with Crippen LogP contribution in [0.25, 0.3) is 0 Å². The fourth-order valence-electron chi connectivity index (χ4n) is 1.13. The van der Waals surface area contributed by atoms with Gasteiger partial charge in [-0.1, -0.05) is 17.8 Å². The molecule has 20 heavy (non-hydrogen) atoms. The van der Waals surface area contributed by atoms with Gasteiger partial charge < -0.3 is 0 Å². The van der Waals surface area contributed by atoms with Crippen molar-refractivity contribution < 1.29 is 4.79 Å². The molecule has 0 aliphatic carbocycles. The number of nitrogens with one attached hydrogen (secondary N) is 3. The minimum absolute atomic E-state index is 0.0157. The third-order valence-electron chi connectivity index (χ3n) is 1.94. The Labute approximate surface area is 120 Å². The van der Waals surface area contributed by atoms with Crippen molar-refractivity contribution in [2.24, 2.45) is 5.10 Å². The quantitative estimate of drug-likeness (QED) is 0.400. The zero-order chi connectivity index (χ0) is 14.4. The molecule has 1 amide bonds. The van der Waals surface area contributed by atoms with E-state index in [1.807, 2.05) is 22.5 Å². The smallest absolute Gasteiger partial charge is 0.272 e. The molecule has 0 fully saturated rings. The summed E-state index contributed by atoms with van der Waals surface area (Å²) < 4.78 is 0. The van der Waals surface area contributed by atoms with Crippen LogP contribution in [0, 0.1) is 0 Å². The molecule has 0 unspecified atom stereocenters. The van der Waals surface area contributed by atoms with Crippen molar-refractivity contribution in [2.45, 2.75) is 5.03 Å². The number of amides is 1. The van der Waals surface area contributed by atoms with Crippen molar-refractivity contribution in [1.29, 1.82) is 0 Å². The van der Waals surface area contributed by atoms with Crippen molar-refractivity contribution in [1.82, 2.24) is 20.6 Å². The lowest BCUT2D eigenvalue weighted by Crippen LogP contribution is -2.26. The predicted octanol–water partition coefficient (Wildman–Crippen LogP) is -0.238. The Bertz CT molecular complexity index is 719. The summed E-state index contributed by atoms with van der Waals surface area (Å²) in [5.41, 5.74) is 1.01. The van der Waals surface area contributed by atoms with E-state index in [-0.39, 0.29) is 16.7 Å². The zero-order valence-corrected chi connectivity index (χ0v) is 11.6. The summed E-state index contributed by atoms with van der Waals surface area (Å²) in [6, 6.07) is 3.73. The Morgan fingerprint density at radius 2 is 2.40 bits per heavy atom. The number of carbonyl (C=O) groups excluding carboxylic acids is 1. The normalized spacial score (nSPS) is 10.8. The lowest BCUT2D eigenvalue weighted by atomic mass is 10.5. The van der Waals surface area contributed by atoms with Crippen LogP contribution in [0.15, 0.2) is 37.2 Å². The fourth-order valence-corrected chi connectivity index (χ4v) is 2.34. The van der Waals surface area contributed by atoms with Crippen molar-refractivity contribution >= 4 is 35.2 Å². The van der Waals surface area contributed by atoms with Crippen molar-refractivity contribution in [3.63, 3.8) is 0 Å². The molecule has 0 aliphatic heterocycles. The Balaban J connectivity index is 1.83. The zero-order valence-electron chi connectivity index (χ0n) is 9.95. The highest BCUT2D eigenvalue weighted by Crippen LogP contribution is 2.07. The summed E-state index contributed by atoms with van der Waals surface area (Å²) in [4.78, 5) is 36.5. The highest BCUT2D eigenvalue weighted by atomic mass is 32.2. The van der Waals surface area contributed by atoms with E-state index >= 15 is 0 Å². The molecule has 0 aromatic carbocycles. The molecule has 0 saturated carbocycles. The van der Waals surface area contributed by atoms with Crippen LogP contribution in [-0.2, 0) is 4.79 Å². The number of nitrogens with zero attached hydrogens (tertiary/aromatic N) is 2. The molecule has 2 aromatic rings. The molecule has 0 spiro atoms. The third-order valence-corrected chi connectivity index (χ3v) is 3.71. The molecule has 8 nitrogen and oxygen atoms in total. The average molecular weight is 311 g/mol. The first-order valence-electron chi connectivity index (χ1n) is 5.32. The van der Waals surface area contributed by atoms with Crippen LogP contribution in [0.5, 0.6) is 0 Å². The van der Waals surface area contributed by atoms with Gasteiger partial charge >= 0.3 is 5.69 Å². The second-order valence-corrected chi connectivity index (χ2v) is 5.35. The molecule has 2 aromatic heterocycles.